The van der Waals surface area contributed by atoms with E-state index in [2.05, 4.69) is 0 Å². The molecule has 0 spiro atoms. The van der Waals surface area contributed by atoms with Gasteiger partial charge >= 0.3 is 0 Å². The number of primary amides is 1. The van der Waals surface area contributed by atoms with Gasteiger partial charge in [0, 0.05) is 12.1 Å². The molecule has 4 N–H and O–H groups in total. The molecule has 0 bridgehead atoms. The summed E-state index contributed by atoms with van der Waals surface area (Å²) in [6.45, 7) is 0.492. The van der Waals surface area contributed by atoms with Crippen molar-refractivity contribution in [2.24, 2.45) is 5.73 Å². The Balaban J connectivity index is 2.32. The van der Waals surface area contributed by atoms with Crippen molar-refractivity contribution in [2.45, 2.75) is 25.3 Å². The monoisotopic (exact) mass is 315 g/mol. The molecular formula is C13H15Cl2N3O2. The average Bonchev–Trinajstić information content (AvgIpc) is 2.43. The number of nitrogens with zero attached hydrogens (tertiary/aromatic N) is 1. The van der Waals surface area contributed by atoms with Gasteiger partial charge in [-0.05, 0) is 31.4 Å². The van der Waals surface area contributed by atoms with Crippen molar-refractivity contribution in [3.05, 3.63) is 27.7 Å². The molecule has 1 heterocycles. The van der Waals surface area contributed by atoms with Crippen LogP contribution in [0.1, 0.15) is 29.6 Å². The molecule has 7 heteroatoms. The number of hydrogen-bond donors (Lipinski definition) is 2. The lowest BCUT2D eigenvalue weighted by Crippen LogP contribution is -2.50. The van der Waals surface area contributed by atoms with Crippen LogP contribution in [-0.4, -0.2) is 29.3 Å². The first kappa shape index (κ1) is 14.9. The molecule has 0 aliphatic carbocycles. The number of halogens is 2. The lowest BCUT2D eigenvalue weighted by molar-refractivity contribution is -0.123. The van der Waals surface area contributed by atoms with Gasteiger partial charge in [0.1, 0.15) is 6.04 Å². The van der Waals surface area contributed by atoms with Crippen LogP contribution >= 0.6 is 23.2 Å². The van der Waals surface area contributed by atoms with Crippen molar-refractivity contribution in [3.63, 3.8) is 0 Å². The molecule has 0 radical (unpaired) electrons. The number of piperidine rings is 1. The lowest BCUT2D eigenvalue weighted by Gasteiger charge is -2.33. The molecule has 2 rings (SSSR count). The fourth-order valence-electron chi connectivity index (χ4n) is 2.34. The van der Waals surface area contributed by atoms with Crippen LogP contribution in [0.3, 0.4) is 0 Å². The van der Waals surface area contributed by atoms with Crippen molar-refractivity contribution in [2.75, 3.05) is 12.3 Å². The van der Waals surface area contributed by atoms with Gasteiger partial charge in [0.15, 0.2) is 0 Å². The predicted octanol–water partition coefficient (Wildman–Crippen LogP) is 2.06. The van der Waals surface area contributed by atoms with Crippen molar-refractivity contribution in [1.82, 2.24) is 4.90 Å². The van der Waals surface area contributed by atoms with E-state index in [1.54, 1.807) is 0 Å². The van der Waals surface area contributed by atoms with E-state index in [4.69, 9.17) is 34.7 Å². The smallest absolute Gasteiger partial charge is 0.254 e. The number of amides is 2. The van der Waals surface area contributed by atoms with Gasteiger partial charge in [0.05, 0.1) is 15.7 Å². The molecule has 1 fully saturated rings. The highest BCUT2D eigenvalue weighted by Gasteiger charge is 2.31. The number of carbonyl (C=O) groups excluding carboxylic acids is 2. The number of anilines is 1. The van der Waals surface area contributed by atoms with E-state index in [0.29, 0.717) is 18.5 Å². The SMILES string of the molecule is NC(=O)C1CCCCN1C(=O)c1cc(Cl)c(N)c(Cl)c1. The van der Waals surface area contributed by atoms with Crippen LogP contribution in [0.4, 0.5) is 5.69 Å². The lowest BCUT2D eigenvalue weighted by atomic mass is 10.00. The summed E-state index contributed by atoms with van der Waals surface area (Å²) in [5.41, 5.74) is 11.5. The second kappa shape index (κ2) is 5.89. The highest BCUT2D eigenvalue weighted by molar-refractivity contribution is 6.39. The van der Waals surface area contributed by atoms with Gasteiger partial charge in [-0.15, -0.1) is 0 Å². The van der Waals surface area contributed by atoms with E-state index in [9.17, 15) is 9.59 Å². The molecule has 0 aromatic heterocycles. The molecule has 0 saturated carbocycles. The van der Waals surface area contributed by atoms with E-state index < -0.39 is 11.9 Å². The zero-order valence-corrected chi connectivity index (χ0v) is 12.2. The predicted molar refractivity (Wildman–Crippen MR) is 78.7 cm³/mol. The van der Waals surface area contributed by atoms with Crippen LogP contribution in [0.15, 0.2) is 12.1 Å². The van der Waals surface area contributed by atoms with E-state index >= 15 is 0 Å². The number of rotatable bonds is 2. The Bertz CT molecular complexity index is 540. The maximum atomic E-state index is 12.5. The van der Waals surface area contributed by atoms with Crippen molar-refractivity contribution >= 4 is 40.7 Å². The second-order valence-electron chi connectivity index (χ2n) is 4.77. The van der Waals surface area contributed by atoms with Crippen molar-refractivity contribution in [1.29, 1.82) is 0 Å². The zero-order chi connectivity index (χ0) is 14.9. The standard InChI is InChI=1S/C13H15Cl2N3O2/c14-8-5-7(6-9(15)11(8)16)13(20)18-4-2-1-3-10(18)12(17)19/h5-6,10H,1-4,16H2,(H2,17,19). The Morgan fingerprint density at radius 2 is 1.80 bits per heavy atom. The molecule has 2 amide bonds. The number of likely N-dealkylation sites (tertiary alicyclic amines) is 1. The summed E-state index contributed by atoms with van der Waals surface area (Å²) in [6.07, 6.45) is 2.30. The third-order valence-corrected chi connectivity index (χ3v) is 4.04. The van der Waals surface area contributed by atoms with Crippen LogP contribution in [0.2, 0.25) is 10.0 Å². The first-order valence-electron chi connectivity index (χ1n) is 6.26. The van der Waals surface area contributed by atoms with Gasteiger partial charge in [0.25, 0.3) is 5.91 Å². The van der Waals surface area contributed by atoms with E-state index in [1.807, 2.05) is 0 Å². The van der Waals surface area contributed by atoms with Gasteiger partial charge in [0.2, 0.25) is 5.91 Å². The van der Waals surface area contributed by atoms with Gasteiger partial charge < -0.3 is 16.4 Å². The summed E-state index contributed by atoms with van der Waals surface area (Å²) in [4.78, 5) is 25.4. The van der Waals surface area contributed by atoms with Crippen LogP contribution < -0.4 is 11.5 Å². The quantitative estimate of drug-likeness (QED) is 0.818. The normalized spacial score (nSPS) is 18.9. The third kappa shape index (κ3) is 2.83. The van der Waals surface area contributed by atoms with E-state index in [-0.39, 0.29) is 21.6 Å². The number of carbonyl (C=O) groups is 2. The minimum Gasteiger partial charge on any atom is -0.396 e. The van der Waals surface area contributed by atoms with Crippen LogP contribution in [0.25, 0.3) is 0 Å². The Hall–Kier alpha value is -1.46. The van der Waals surface area contributed by atoms with Crippen molar-refractivity contribution in [3.8, 4) is 0 Å². The highest BCUT2D eigenvalue weighted by atomic mass is 35.5. The summed E-state index contributed by atoms with van der Waals surface area (Å²) in [5, 5.41) is 0.432. The molecule has 1 saturated heterocycles. The summed E-state index contributed by atoms with van der Waals surface area (Å²) in [5.74, 6) is -0.803. The fraction of sp³-hybridized carbons (Fsp3) is 0.385. The fourth-order valence-corrected chi connectivity index (χ4v) is 2.83. The summed E-state index contributed by atoms with van der Waals surface area (Å²) in [6, 6.07) is 2.33. The Labute approximate surface area is 126 Å². The molecular weight excluding hydrogens is 301 g/mol. The Kier molecular flexibility index (Phi) is 4.40. The molecule has 5 nitrogen and oxygen atoms in total. The summed E-state index contributed by atoms with van der Waals surface area (Å²) < 4.78 is 0. The molecule has 1 aliphatic heterocycles. The van der Waals surface area contributed by atoms with Crippen LogP contribution in [-0.2, 0) is 4.79 Å². The largest absolute Gasteiger partial charge is 0.396 e. The molecule has 108 valence electrons. The second-order valence-corrected chi connectivity index (χ2v) is 5.58. The maximum Gasteiger partial charge on any atom is 0.254 e. The van der Waals surface area contributed by atoms with Crippen LogP contribution in [0, 0.1) is 0 Å². The van der Waals surface area contributed by atoms with Gasteiger partial charge in [-0.1, -0.05) is 23.2 Å². The molecule has 1 aromatic carbocycles. The summed E-state index contributed by atoms with van der Waals surface area (Å²) in [7, 11) is 0. The van der Waals surface area contributed by atoms with E-state index in [1.165, 1.54) is 17.0 Å². The Morgan fingerprint density at radius 3 is 2.35 bits per heavy atom. The zero-order valence-electron chi connectivity index (χ0n) is 10.7. The summed E-state index contributed by atoms with van der Waals surface area (Å²) >= 11 is 11.9. The van der Waals surface area contributed by atoms with Gasteiger partial charge in [-0.3, -0.25) is 9.59 Å². The highest BCUT2D eigenvalue weighted by Crippen LogP contribution is 2.30. The number of benzene rings is 1. The maximum absolute atomic E-state index is 12.5. The molecule has 1 unspecified atom stereocenters. The number of nitrogen functional groups attached to an aromatic ring is 1. The van der Waals surface area contributed by atoms with Crippen LogP contribution in [0.5, 0.6) is 0 Å². The van der Waals surface area contributed by atoms with Crippen molar-refractivity contribution < 1.29 is 9.59 Å². The molecule has 1 aliphatic rings. The molecule has 20 heavy (non-hydrogen) atoms. The minimum absolute atomic E-state index is 0.216. The topological polar surface area (TPSA) is 89.4 Å². The number of nitrogens with two attached hydrogens (primary N) is 2. The number of hydrogen-bond acceptors (Lipinski definition) is 3. The van der Waals surface area contributed by atoms with E-state index in [0.717, 1.165) is 12.8 Å². The third-order valence-electron chi connectivity index (χ3n) is 3.42. The van der Waals surface area contributed by atoms with Gasteiger partial charge in [-0.2, -0.15) is 0 Å². The van der Waals surface area contributed by atoms with Gasteiger partial charge in [-0.25, -0.2) is 0 Å². The minimum atomic E-state index is -0.577. The molecule has 1 aromatic rings. The Morgan fingerprint density at radius 1 is 1.20 bits per heavy atom. The average molecular weight is 316 g/mol. The first-order chi connectivity index (χ1) is 9.41. The molecule has 1 atom stereocenters. The first-order valence-corrected chi connectivity index (χ1v) is 7.02.